The van der Waals surface area contributed by atoms with E-state index in [-0.39, 0.29) is 32.0 Å². The summed E-state index contributed by atoms with van der Waals surface area (Å²) in [5.74, 6) is -0.485. The summed E-state index contributed by atoms with van der Waals surface area (Å²) in [4.78, 5) is 35.6. The van der Waals surface area contributed by atoms with Gasteiger partial charge in [-0.2, -0.15) is 5.10 Å². The van der Waals surface area contributed by atoms with Gasteiger partial charge in [-0.05, 0) is 65.7 Å². The molecule has 0 bridgehead atoms. The number of carbonyl (C=O) groups excluding carboxylic acids is 3. The second-order valence-electron chi connectivity index (χ2n) is 6.71. The lowest BCUT2D eigenvalue weighted by Crippen LogP contribution is -2.20. The van der Waals surface area contributed by atoms with Crippen LogP contribution in [0.15, 0.2) is 46.0 Å². The van der Waals surface area contributed by atoms with Gasteiger partial charge in [-0.1, -0.05) is 17.7 Å². The Morgan fingerprint density at radius 2 is 1.82 bits per heavy atom. The molecule has 2 N–H and O–H groups in total. The fourth-order valence-electron chi connectivity index (χ4n) is 2.65. The number of hydrazone groups is 1. The highest BCUT2D eigenvalue weighted by Gasteiger charge is 2.14. The van der Waals surface area contributed by atoms with Gasteiger partial charge in [-0.3, -0.25) is 9.59 Å². The molecule has 0 aliphatic rings. The summed E-state index contributed by atoms with van der Waals surface area (Å²) in [5.41, 5.74) is 3.55. The number of halogens is 2. The second-order valence-corrected chi connectivity index (χ2v) is 8.00. The van der Waals surface area contributed by atoms with E-state index in [4.69, 9.17) is 25.8 Å². The van der Waals surface area contributed by atoms with Crippen molar-refractivity contribution in [2.24, 2.45) is 5.10 Å². The third kappa shape index (κ3) is 9.40. The number of hydrogen-bond donors (Lipinski definition) is 2. The Balaban J connectivity index is 1.90. The summed E-state index contributed by atoms with van der Waals surface area (Å²) >= 11 is 9.27. The zero-order valence-electron chi connectivity index (χ0n) is 18.7. The van der Waals surface area contributed by atoms with Gasteiger partial charge in [0.05, 0.1) is 23.9 Å². The van der Waals surface area contributed by atoms with E-state index in [0.29, 0.717) is 38.9 Å². The Kier molecular flexibility index (Phi) is 11.3. The molecule has 0 atom stereocenters. The highest BCUT2D eigenvalue weighted by molar-refractivity contribution is 9.10. The fraction of sp³-hybridized carbons (Fsp3) is 0.304. The van der Waals surface area contributed by atoms with Crippen LogP contribution in [-0.2, 0) is 19.1 Å². The predicted molar refractivity (Wildman–Crippen MR) is 132 cm³/mol. The summed E-state index contributed by atoms with van der Waals surface area (Å²) < 4.78 is 16.5. The van der Waals surface area contributed by atoms with Crippen LogP contribution in [0.2, 0.25) is 5.02 Å². The molecule has 0 aromatic heterocycles. The smallest absolute Gasteiger partial charge is 0.344 e. The molecule has 0 radical (unpaired) electrons. The Morgan fingerprint density at radius 1 is 1.06 bits per heavy atom. The molecule has 2 rings (SSSR count). The van der Waals surface area contributed by atoms with Crippen molar-refractivity contribution in [2.75, 3.05) is 25.1 Å². The van der Waals surface area contributed by atoms with Crippen LogP contribution in [0.4, 0.5) is 5.69 Å². The zero-order valence-corrected chi connectivity index (χ0v) is 21.1. The lowest BCUT2D eigenvalue weighted by atomic mass is 10.2. The van der Waals surface area contributed by atoms with Crippen LogP contribution in [-0.4, -0.2) is 43.8 Å². The number of benzene rings is 2. The number of anilines is 1. The van der Waals surface area contributed by atoms with Gasteiger partial charge in [0.15, 0.2) is 18.1 Å². The monoisotopic (exact) mass is 553 g/mol. The first-order chi connectivity index (χ1) is 16.3. The minimum absolute atomic E-state index is 0.0135. The maximum Gasteiger partial charge on any atom is 0.344 e. The molecule has 2 aromatic rings. The van der Waals surface area contributed by atoms with Crippen molar-refractivity contribution < 1.29 is 28.6 Å². The molecule has 2 aromatic carbocycles. The largest absolute Gasteiger partial charge is 0.490 e. The number of amides is 2. The molecule has 0 fully saturated rings. The van der Waals surface area contributed by atoms with E-state index in [0.717, 1.165) is 0 Å². The molecular weight excluding hydrogens is 530 g/mol. The summed E-state index contributed by atoms with van der Waals surface area (Å²) in [6, 6.07) is 10.1. The topological polar surface area (TPSA) is 115 Å². The molecule has 0 spiro atoms. The Hall–Kier alpha value is -3.11. The predicted octanol–water partition coefficient (Wildman–Crippen LogP) is 4.31. The lowest BCUT2D eigenvalue weighted by molar-refractivity contribution is -0.145. The van der Waals surface area contributed by atoms with Crippen LogP contribution in [0.25, 0.3) is 0 Å². The van der Waals surface area contributed by atoms with E-state index in [9.17, 15) is 14.4 Å². The third-order valence-corrected chi connectivity index (χ3v) is 4.89. The van der Waals surface area contributed by atoms with Crippen LogP contribution in [0, 0.1) is 0 Å². The number of nitrogens with zero attached hydrogens (tertiary/aromatic N) is 1. The molecule has 0 unspecified atom stereocenters. The first-order valence-corrected chi connectivity index (χ1v) is 11.6. The number of nitrogens with one attached hydrogen (secondary N) is 2. The Labute approximate surface area is 210 Å². The van der Waals surface area contributed by atoms with Crippen LogP contribution in [0.5, 0.6) is 11.5 Å². The molecule has 2 amide bonds. The van der Waals surface area contributed by atoms with Gasteiger partial charge in [0.25, 0.3) is 0 Å². The van der Waals surface area contributed by atoms with Crippen LogP contribution < -0.4 is 20.2 Å². The molecule has 34 heavy (non-hydrogen) atoms. The van der Waals surface area contributed by atoms with Gasteiger partial charge in [-0.15, -0.1) is 0 Å². The van der Waals surface area contributed by atoms with Crippen molar-refractivity contribution in [1.82, 2.24) is 5.43 Å². The van der Waals surface area contributed by atoms with Gasteiger partial charge in [0.2, 0.25) is 11.8 Å². The standard InChI is InChI=1S/C23H25BrClN3O6/c1-3-32-19-11-15(10-18(24)23(19)34-14-22(31)33-4-2)13-26-28-21(30)9-8-20(29)27-17-7-5-6-16(25)12-17/h5-7,10-13H,3-4,8-9,14H2,1-2H3,(H,27,29)(H,28,30). The summed E-state index contributed by atoms with van der Waals surface area (Å²) in [6.07, 6.45) is 1.37. The highest BCUT2D eigenvalue weighted by atomic mass is 79.9. The molecule has 11 heteroatoms. The number of esters is 1. The van der Waals surface area contributed by atoms with Crippen LogP contribution in [0.1, 0.15) is 32.3 Å². The normalized spacial score (nSPS) is 10.6. The molecule has 0 aliphatic carbocycles. The summed E-state index contributed by atoms with van der Waals surface area (Å²) in [6.45, 7) is 3.89. The Morgan fingerprint density at radius 3 is 2.53 bits per heavy atom. The zero-order chi connectivity index (χ0) is 24.9. The van der Waals surface area contributed by atoms with Crippen molar-refractivity contribution >= 4 is 57.2 Å². The second kappa shape index (κ2) is 14.2. The molecule has 0 heterocycles. The maximum atomic E-state index is 12.0. The van der Waals surface area contributed by atoms with Crippen molar-refractivity contribution in [3.63, 3.8) is 0 Å². The Bertz CT molecular complexity index is 1050. The highest BCUT2D eigenvalue weighted by Crippen LogP contribution is 2.36. The number of rotatable bonds is 12. The van der Waals surface area contributed by atoms with Crippen LogP contribution in [0.3, 0.4) is 0 Å². The van der Waals surface area contributed by atoms with Gasteiger partial charge in [0.1, 0.15) is 0 Å². The van der Waals surface area contributed by atoms with E-state index in [1.165, 1.54) is 6.21 Å². The molecule has 9 nitrogen and oxygen atoms in total. The first-order valence-electron chi connectivity index (χ1n) is 10.4. The maximum absolute atomic E-state index is 12.0. The molecule has 0 aliphatic heterocycles. The SMILES string of the molecule is CCOC(=O)COc1c(Br)cc(C=NNC(=O)CCC(=O)Nc2cccc(Cl)c2)cc1OCC. The fourth-order valence-corrected chi connectivity index (χ4v) is 3.42. The number of carbonyl (C=O) groups is 3. The van der Waals surface area contributed by atoms with E-state index in [1.807, 2.05) is 6.92 Å². The van der Waals surface area contributed by atoms with Gasteiger partial charge < -0.3 is 19.5 Å². The third-order valence-electron chi connectivity index (χ3n) is 4.06. The van der Waals surface area contributed by atoms with Gasteiger partial charge in [0, 0.05) is 23.6 Å². The van der Waals surface area contributed by atoms with Crippen molar-refractivity contribution in [1.29, 1.82) is 0 Å². The first kappa shape index (κ1) is 27.1. The minimum Gasteiger partial charge on any atom is -0.490 e. The van der Waals surface area contributed by atoms with Crippen molar-refractivity contribution in [3.8, 4) is 11.5 Å². The van der Waals surface area contributed by atoms with E-state index in [1.54, 1.807) is 43.3 Å². The van der Waals surface area contributed by atoms with E-state index in [2.05, 4.69) is 31.8 Å². The minimum atomic E-state index is -0.494. The summed E-state index contributed by atoms with van der Waals surface area (Å²) in [7, 11) is 0. The van der Waals surface area contributed by atoms with Gasteiger partial charge in [-0.25, -0.2) is 10.2 Å². The quantitative estimate of drug-likeness (QED) is 0.229. The summed E-state index contributed by atoms with van der Waals surface area (Å²) in [5, 5.41) is 7.10. The lowest BCUT2D eigenvalue weighted by Gasteiger charge is -2.14. The van der Waals surface area contributed by atoms with E-state index < -0.39 is 11.9 Å². The molecule has 0 saturated carbocycles. The molecule has 0 saturated heterocycles. The van der Waals surface area contributed by atoms with Crippen molar-refractivity contribution in [2.45, 2.75) is 26.7 Å². The van der Waals surface area contributed by atoms with E-state index >= 15 is 0 Å². The number of ether oxygens (including phenoxy) is 3. The average Bonchev–Trinajstić information content (AvgIpc) is 2.77. The molecule has 182 valence electrons. The van der Waals surface area contributed by atoms with Crippen molar-refractivity contribution in [3.05, 3.63) is 51.5 Å². The van der Waals surface area contributed by atoms with Gasteiger partial charge >= 0.3 is 5.97 Å². The average molecular weight is 555 g/mol. The van der Waals surface area contributed by atoms with Crippen LogP contribution >= 0.6 is 27.5 Å². The molecular formula is C23H25BrClN3O6. The number of hydrogen-bond acceptors (Lipinski definition) is 7.